The zero-order valence-electron chi connectivity index (χ0n) is 15.8. The van der Waals surface area contributed by atoms with E-state index in [2.05, 4.69) is 14.9 Å². The molecule has 29 heavy (non-hydrogen) atoms. The average Bonchev–Trinajstić information content (AvgIpc) is 2.69. The van der Waals surface area contributed by atoms with E-state index in [0.717, 1.165) is 50.9 Å². The standard InChI is InChI=1S/C20H22ClF2N3O3/c21-14-11-24-20(25-12-14)26-5-3-13(4-6-26)2-1-7-29-15-8-17(22)16(10-19(27)28)18(23)9-15/h8-9,11-13H,1-7,10H2,(H,27,28). The predicted molar refractivity (Wildman–Crippen MR) is 104 cm³/mol. The van der Waals surface area contributed by atoms with Crippen LogP contribution in [0.25, 0.3) is 0 Å². The first-order chi connectivity index (χ1) is 13.9. The van der Waals surface area contributed by atoms with Gasteiger partial charge in [0.2, 0.25) is 5.95 Å². The third-order valence-corrected chi connectivity index (χ3v) is 5.17. The second-order valence-corrected chi connectivity index (χ2v) is 7.49. The second kappa shape index (κ2) is 9.82. The number of hydrogen-bond acceptors (Lipinski definition) is 5. The maximum atomic E-state index is 13.9. The van der Waals surface area contributed by atoms with E-state index in [4.69, 9.17) is 21.4 Å². The van der Waals surface area contributed by atoms with Crippen LogP contribution >= 0.6 is 11.6 Å². The lowest BCUT2D eigenvalue weighted by atomic mass is 9.92. The molecular formula is C20H22ClF2N3O3. The van der Waals surface area contributed by atoms with Gasteiger partial charge in [-0.2, -0.15) is 0 Å². The number of ether oxygens (including phenoxy) is 1. The molecule has 1 aromatic carbocycles. The lowest BCUT2D eigenvalue weighted by Gasteiger charge is -2.31. The van der Waals surface area contributed by atoms with Crippen LogP contribution in [0.15, 0.2) is 24.5 Å². The smallest absolute Gasteiger partial charge is 0.308 e. The number of aromatic nitrogens is 2. The fourth-order valence-corrected chi connectivity index (χ4v) is 3.53. The van der Waals surface area contributed by atoms with E-state index in [0.29, 0.717) is 23.5 Å². The van der Waals surface area contributed by atoms with Gasteiger partial charge in [0.05, 0.1) is 30.4 Å². The molecule has 9 heteroatoms. The lowest BCUT2D eigenvalue weighted by Crippen LogP contribution is -2.34. The minimum atomic E-state index is -1.29. The molecule has 1 aliphatic rings. The summed E-state index contributed by atoms with van der Waals surface area (Å²) in [4.78, 5) is 21.3. The number of benzene rings is 1. The molecule has 6 nitrogen and oxygen atoms in total. The summed E-state index contributed by atoms with van der Waals surface area (Å²) in [5.41, 5.74) is -0.457. The number of hydrogen-bond donors (Lipinski definition) is 1. The number of aliphatic carboxylic acids is 1. The number of carbonyl (C=O) groups is 1. The summed E-state index contributed by atoms with van der Waals surface area (Å²) in [6.45, 7) is 2.08. The van der Waals surface area contributed by atoms with Crippen LogP contribution in [0.2, 0.25) is 5.02 Å². The number of rotatable bonds is 8. The zero-order chi connectivity index (χ0) is 20.8. The van der Waals surface area contributed by atoms with Gasteiger partial charge in [-0.3, -0.25) is 4.79 Å². The Balaban J connectivity index is 1.40. The van der Waals surface area contributed by atoms with Gasteiger partial charge in [-0.05, 0) is 31.6 Å². The Labute approximate surface area is 172 Å². The Morgan fingerprint density at radius 3 is 2.41 bits per heavy atom. The van der Waals surface area contributed by atoms with Crippen molar-refractivity contribution in [3.05, 3.63) is 46.7 Å². The van der Waals surface area contributed by atoms with Gasteiger partial charge in [0.15, 0.2) is 0 Å². The minimum absolute atomic E-state index is 0.0730. The van der Waals surface area contributed by atoms with Gasteiger partial charge in [0.1, 0.15) is 17.4 Å². The molecule has 0 atom stereocenters. The van der Waals surface area contributed by atoms with Crippen LogP contribution in [-0.2, 0) is 11.2 Å². The average molecular weight is 426 g/mol. The van der Waals surface area contributed by atoms with Crippen molar-refractivity contribution in [2.75, 3.05) is 24.6 Å². The highest BCUT2D eigenvalue weighted by Gasteiger charge is 2.21. The first kappa shape index (κ1) is 21.2. The van der Waals surface area contributed by atoms with Gasteiger partial charge >= 0.3 is 5.97 Å². The summed E-state index contributed by atoms with van der Waals surface area (Å²) in [5.74, 6) is -1.78. The molecule has 1 N–H and O–H groups in total. The molecule has 3 rings (SSSR count). The Morgan fingerprint density at radius 1 is 1.21 bits per heavy atom. The zero-order valence-corrected chi connectivity index (χ0v) is 16.5. The molecule has 0 unspecified atom stereocenters. The number of anilines is 1. The summed E-state index contributed by atoms with van der Waals surface area (Å²) in [6, 6.07) is 2.07. The van der Waals surface area contributed by atoms with Crippen molar-refractivity contribution < 1.29 is 23.4 Å². The number of carboxylic acid groups (broad SMARTS) is 1. The van der Waals surface area contributed by atoms with Crippen LogP contribution in [0, 0.1) is 17.6 Å². The second-order valence-electron chi connectivity index (χ2n) is 7.06. The van der Waals surface area contributed by atoms with Gasteiger partial charge in [0.25, 0.3) is 0 Å². The number of carboxylic acids is 1. The van der Waals surface area contributed by atoms with E-state index in [1.54, 1.807) is 12.4 Å². The molecule has 0 bridgehead atoms. The third-order valence-electron chi connectivity index (χ3n) is 4.97. The fraction of sp³-hybridized carbons (Fsp3) is 0.450. The monoisotopic (exact) mass is 425 g/mol. The Kier molecular flexibility index (Phi) is 7.19. The van der Waals surface area contributed by atoms with Crippen molar-refractivity contribution in [2.24, 2.45) is 5.92 Å². The lowest BCUT2D eigenvalue weighted by molar-refractivity contribution is -0.136. The van der Waals surface area contributed by atoms with Crippen LogP contribution in [0.5, 0.6) is 5.75 Å². The molecule has 0 spiro atoms. The first-order valence-electron chi connectivity index (χ1n) is 9.47. The van der Waals surface area contributed by atoms with Crippen LogP contribution in [0.3, 0.4) is 0 Å². The van der Waals surface area contributed by atoms with Gasteiger partial charge in [-0.1, -0.05) is 11.6 Å². The van der Waals surface area contributed by atoms with Crippen molar-refractivity contribution in [1.82, 2.24) is 9.97 Å². The Bertz CT molecular complexity index is 820. The maximum Gasteiger partial charge on any atom is 0.308 e. The van der Waals surface area contributed by atoms with Crippen molar-refractivity contribution in [2.45, 2.75) is 32.1 Å². The summed E-state index contributed by atoms with van der Waals surface area (Å²) in [6.07, 6.45) is 6.23. The molecule has 2 heterocycles. The SMILES string of the molecule is O=C(O)Cc1c(F)cc(OCCCC2CCN(c3ncc(Cl)cn3)CC2)cc1F. The van der Waals surface area contributed by atoms with E-state index in [-0.39, 0.29) is 5.75 Å². The summed E-state index contributed by atoms with van der Waals surface area (Å²) >= 11 is 5.81. The Hall–Kier alpha value is -2.48. The van der Waals surface area contributed by atoms with E-state index >= 15 is 0 Å². The molecule has 1 fully saturated rings. The summed E-state index contributed by atoms with van der Waals surface area (Å²) in [5, 5.41) is 9.21. The van der Waals surface area contributed by atoms with Crippen LogP contribution in [-0.4, -0.2) is 40.7 Å². The quantitative estimate of drug-likeness (QED) is 0.641. The summed E-state index contributed by atoms with van der Waals surface area (Å²) < 4.78 is 33.2. The highest BCUT2D eigenvalue weighted by Crippen LogP contribution is 2.25. The molecule has 1 aromatic heterocycles. The highest BCUT2D eigenvalue weighted by molar-refractivity contribution is 6.30. The normalized spacial score (nSPS) is 14.8. The van der Waals surface area contributed by atoms with Gasteiger partial charge in [-0.25, -0.2) is 18.7 Å². The molecule has 0 radical (unpaired) electrons. The topological polar surface area (TPSA) is 75.6 Å². The largest absolute Gasteiger partial charge is 0.493 e. The maximum absolute atomic E-state index is 13.9. The molecular weight excluding hydrogens is 404 g/mol. The summed E-state index contributed by atoms with van der Waals surface area (Å²) in [7, 11) is 0. The van der Waals surface area contributed by atoms with E-state index in [9.17, 15) is 13.6 Å². The number of nitrogens with zero attached hydrogens (tertiary/aromatic N) is 3. The van der Waals surface area contributed by atoms with Crippen LogP contribution in [0.1, 0.15) is 31.2 Å². The van der Waals surface area contributed by atoms with Crippen molar-refractivity contribution in [3.63, 3.8) is 0 Å². The van der Waals surface area contributed by atoms with Crippen molar-refractivity contribution in [1.29, 1.82) is 0 Å². The minimum Gasteiger partial charge on any atom is -0.493 e. The predicted octanol–water partition coefficient (Wildman–Crippen LogP) is 4.11. The first-order valence-corrected chi connectivity index (χ1v) is 9.85. The molecule has 156 valence electrons. The van der Waals surface area contributed by atoms with Gasteiger partial charge in [0, 0.05) is 30.8 Å². The molecule has 1 aliphatic heterocycles. The number of piperidine rings is 1. The van der Waals surface area contributed by atoms with Gasteiger partial charge in [-0.15, -0.1) is 0 Å². The van der Waals surface area contributed by atoms with Crippen molar-refractivity contribution >= 4 is 23.5 Å². The van der Waals surface area contributed by atoms with Crippen molar-refractivity contribution in [3.8, 4) is 5.75 Å². The van der Waals surface area contributed by atoms with E-state index in [1.165, 1.54) is 0 Å². The molecule has 0 aliphatic carbocycles. The number of halogens is 3. The molecule has 2 aromatic rings. The molecule has 1 saturated heterocycles. The van der Waals surface area contributed by atoms with E-state index in [1.807, 2.05) is 0 Å². The fourth-order valence-electron chi connectivity index (χ4n) is 3.44. The van der Waals surface area contributed by atoms with Crippen LogP contribution < -0.4 is 9.64 Å². The molecule has 0 saturated carbocycles. The highest BCUT2D eigenvalue weighted by atomic mass is 35.5. The van der Waals surface area contributed by atoms with Crippen LogP contribution in [0.4, 0.5) is 14.7 Å². The van der Waals surface area contributed by atoms with Gasteiger partial charge < -0.3 is 14.7 Å². The Morgan fingerprint density at radius 2 is 1.83 bits per heavy atom. The van der Waals surface area contributed by atoms with E-state index < -0.39 is 29.6 Å². The third kappa shape index (κ3) is 6.00. The molecule has 0 amide bonds.